The number of aryl methyl sites for hydroxylation is 1. The van der Waals surface area contributed by atoms with Crippen molar-refractivity contribution in [3.8, 4) is 0 Å². The standard InChI is InChI=1S/C11H20N4/c1-9-11(14-7-6-13-9)10(2)15(3)8-4-5-12/h6-7,10H,4-5,8,12H2,1-3H3. The zero-order valence-corrected chi connectivity index (χ0v) is 9.77. The second-order valence-electron chi connectivity index (χ2n) is 3.83. The lowest BCUT2D eigenvalue weighted by molar-refractivity contribution is 0.254. The van der Waals surface area contributed by atoms with Crippen molar-refractivity contribution in [2.75, 3.05) is 20.1 Å². The smallest absolute Gasteiger partial charge is 0.0784 e. The third-order valence-electron chi connectivity index (χ3n) is 2.69. The lowest BCUT2D eigenvalue weighted by Gasteiger charge is -2.24. The van der Waals surface area contributed by atoms with Crippen molar-refractivity contribution in [2.24, 2.45) is 5.73 Å². The predicted octanol–water partition coefficient (Wildman–Crippen LogP) is 1.13. The Hall–Kier alpha value is -1.00. The molecule has 4 heteroatoms. The Kier molecular flexibility index (Phi) is 4.65. The topological polar surface area (TPSA) is 55.0 Å². The van der Waals surface area contributed by atoms with Gasteiger partial charge in [-0.15, -0.1) is 0 Å². The van der Waals surface area contributed by atoms with E-state index in [4.69, 9.17) is 5.73 Å². The third-order valence-corrected chi connectivity index (χ3v) is 2.69. The summed E-state index contributed by atoms with van der Waals surface area (Å²) in [6.45, 7) is 5.87. The van der Waals surface area contributed by atoms with E-state index in [0.29, 0.717) is 6.04 Å². The van der Waals surface area contributed by atoms with Gasteiger partial charge in [0.15, 0.2) is 0 Å². The lowest BCUT2D eigenvalue weighted by Crippen LogP contribution is -2.26. The highest BCUT2D eigenvalue weighted by Gasteiger charge is 2.14. The van der Waals surface area contributed by atoms with Gasteiger partial charge in [-0.05, 0) is 40.4 Å². The van der Waals surface area contributed by atoms with Crippen LogP contribution in [0.1, 0.15) is 30.8 Å². The van der Waals surface area contributed by atoms with Crippen LogP contribution < -0.4 is 5.73 Å². The molecule has 0 radical (unpaired) electrons. The summed E-state index contributed by atoms with van der Waals surface area (Å²) in [5.74, 6) is 0. The normalized spacial score (nSPS) is 13.1. The Morgan fingerprint density at radius 1 is 1.40 bits per heavy atom. The molecule has 0 saturated heterocycles. The van der Waals surface area contributed by atoms with Gasteiger partial charge in [0.25, 0.3) is 0 Å². The predicted molar refractivity (Wildman–Crippen MR) is 61.5 cm³/mol. The summed E-state index contributed by atoms with van der Waals surface area (Å²) in [5, 5.41) is 0. The van der Waals surface area contributed by atoms with Gasteiger partial charge in [-0.3, -0.25) is 14.9 Å². The lowest BCUT2D eigenvalue weighted by atomic mass is 10.1. The monoisotopic (exact) mass is 208 g/mol. The largest absolute Gasteiger partial charge is 0.330 e. The van der Waals surface area contributed by atoms with Gasteiger partial charge in [-0.2, -0.15) is 0 Å². The molecule has 1 aromatic rings. The summed E-state index contributed by atoms with van der Waals surface area (Å²) in [6.07, 6.45) is 4.49. The summed E-state index contributed by atoms with van der Waals surface area (Å²) in [5.41, 5.74) is 7.55. The van der Waals surface area contributed by atoms with Gasteiger partial charge in [-0.25, -0.2) is 0 Å². The zero-order chi connectivity index (χ0) is 11.3. The van der Waals surface area contributed by atoms with E-state index in [0.717, 1.165) is 30.9 Å². The third kappa shape index (κ3) is 3.25. The molecule has 2 N–H and O–H groups in total. The van der Waals surface area contributed by atoms with Crippen molar-refractivity contribution in [3.05, 3.63) is 23.8 Å². The molecule has 1 unspecified atom stereocenters. The first kappa shape index (κ1) is 12.1. The highest BCUT2D eigenvalue weighted by Crippen LogP contribution is 2.17. The molecule has 0 amide bonds. The van der Waals surface area contributed by atoms with Gasteiger partial charge in [0.05, 0.1) is 17.4 Å². The fourth-order valence-electron chi connectivity index (χ4n) is 1.57. The highest BCUT2D eigenvalue weighted by atomic mass is 15.1. The van der Waals surface area contributed by atoms with Gasteiger partial charge in [-0.1, -0.05) is 0 Å². The Morgan fingerprint density at radius 2 is 2.07 bits per heavy atom. The summed E-state index contributed by atoms with van der Waals surface area (Å²) >= 11 is 0. The Balaban J connectivity index is 2.67. The van der Waals surface area contributed by atoms with Crippen LogP contribution in [-0.2, 0) is 0 Å². The number of aromatic nitrogens is 2. The van der Waals surface area contributed by atoms with E-state index in [2.05, 4.69) is 28.8 Å². The molecule has 4 nitrogen and oxygen atoms in total. The van der Waals surface area contributed by atoms with Crippen LogP contribution in [0.5, 0.6) is 0 Å². The van der Waals surface area contributed by atoms with Crippen LogP contribution in [0.25, 0.3) is 0 Å². The zero-order valence-electron chi connectivity index (χ0n) is 9.77. The van der Waals surface area contributed by atoms with E-state index in [-0.39, 0.29) is 0 Å². The first-order valence-corrected chi connectivity index (χ1v) is 5.34. The average molecular weight is 208 g/mol. The molecule has 1 rings (SSSR count). The fourth-order valence-corrected chi connectivity index (χ4v) is 1.57. The minimum absolute atomic E-state index is 0.297. The molecule has 15 heavy (non-hydrogen) atoms. The molecule has 0 bridgehead atoms. The van der Waals surface area contributed by atoms with Gasteiger partial charge in [0.2, 0.25) is 0 Å². The second kappa shape index (κ2) is 5.78. The number of hydrogen-bond acceptors (Lipinski definition) is 4. The van der Waals surface area contributed by atoms with Gasteiger partial charge in [0, 0.05) is 12.4 Å². The van der Waals surface area contributed by atoms with Crippen molar-refractivity contribution >= 4 is 0 Å². The van der Waals surface area contributed by atoms with Crippen LogP contribution >= 0.6 is 0 Å². The van der Waals surface area contributed by atoms with Crippen LogP contribution in [0.15, 0.2) is 12.4 Å². The molecule has 0 aliphatic carbocycles. The maximum atomic E-state index is 5.49. The summed E-state index contributed by atoms with van der Waals surface area (Å²) in [6, 6.07) is 0.297. The molecule has 0 aromatic carbocycles. The average Bonchev–Trinajstić information content (AvgIpc) is 2.25. The Labute approximate surface area is 91.5 Å². The highest BCUT2D eigenvalue weighted by molar-refractivity contribution is 5.12. The van der Waals surface area contributed by atoms with E-state index < -0.39 is 0 Å². The van der Waals surface area contributed by atoms with E-state index >= 15 is 0 Å². The quantitative estimate of drug-likeness (QED) is 0.788. The van der Waals surface area contributed by atoms with Gasteiger partial charge < -0.3 is 5.73 Å². The summed E-state index contributed by atoms with van der Waals surface area (Å²) in [7, 11) is 2.09. The summed E-state index contributed by atoms with van der Waals surface area (Å²) in [4.78, 5) is 10.9. The molecule has 0 aliphatic rings. The van der Waals surface area contributed by atoms with Crippen LogP contribution in [0.2, 0.25) is 0 Å². The SMILES string of the molecule is Cc1nccnc1C(C)N(C)CCCN. The first-order chi connectivity index (χ1) is 7.16. The molecule has 0 saturated carbocycles. The van der Waals surface area contributed by atoms with Crippen molar-refractivity contribution in [3.63, 3.8) is 0 Å². The first-order valence-electron chi connectivity index (χ1n) is 5.34. The molecule has 0 spiro atoms. The molecule has 1 aromatic heterocycles. The van der Waals surface area contributed by atoms with Crippen molar-refractivity contribution < 1.29 is 0 Å². The fraction of sp³-hybridized carbons (Fsp3) is 0.636. The molecule has 1 heterocycles. The molecular formula is C11H20N4. The van der Waals surface area contributed by atoms with E-state index in [9.17, 15) is 0 Å². The minimum atomic E-state index is 0.297. The Morgan fingerprint density at radius 3 is 2.67 bits per heavy atom. The van der Waals surface area contributed by atoms with Crippen LogP contribution in [0.4, 0.5) is 0 Å². The molecule has 0 fully saturated rings. The second-order valence-corrected chi connectivity index (χ2v) is 3.83. The molecule has 1 atom stereocenters. The number of nitrogens with two attached hydrogens (primary N) is 1. The van der Waals surface area contributed by atoms with E-state index in [1.54, 1.807) is 12.4 Å². The maximum Gasteiger partial charge on any atom is 0.0784 e. The maximum absolute atomic E-state index is 5.49. The number of hydrogen-bond donors (Lipinski definition) is 1. The number of rotatable bonds is 5. The summed E-state index contributed by atoms with van der Waals surface area (Å²) < 4.78 is 0. The van der Waals surface area contributed by atoms with E-state index in [1.165, 1.54) is 0 Å². The number of nitrogens with zero attached hydrogens (tertiary/aromatic N) is 3. The van der Waals surface area contributed by atoms with Crippen molar-refractivity contribution in [1.82, 2.24) is 14.9 Å². The molecule has 0 aliphatic heterocycles. The van der Waals surface area contributed by atoms with Crippen molar-refractivity contribution in [1.29, 1.82) is 0 Å². The Bertz CT molecular complexity index is 300. The van der Waals surface area contributed by atoms with Gasteiger partial charge >= 0.3 is 0 Å². The van der Waals surface area contributed by atoms with Crippen LogP contribution in [-0.4, -0.2) is 35.0 Å². The molecule has 84 valence electrons. The van der Waals surface area contributed by atoms with Crippen LogP contribution in [0, 0.1) is 6.92 Å². The van der Waals surface area contributed by atoms with Crippen LogP contribution in [0.3, 0.4) is 0 Å². The molecular weight excluding hydrogens is 188 g/mol. The van der Waals surface area contributed by atoms with Gasteiger partial charge in [0.1, 0.15) is 0 Å². The van der Waals surface area contributed by atoms with Crippen molar-refractivity contribution in [2.45, 2.75) is 26.3 Å². The van der Waals surface area contributed by atoms with E-state index in [1.807, 2.05) is 6.92 Å². The minimum Gasteiger partial charge on any atom is -0.330 e.